The topological polar surface area (TPSA) is 77.6 Å². The minimum atomic E-state index is -0.00695. The number of thioether (sulfide) groups is 1. The molecule has 2 aromatic heterocycles. The molecule has 108 valence electrons. The Balaban J connectivity index is 1.70. The van der Waals surface area contributed by atoms with Crippen molar-refractivity contribution in [3.05, 3.63) is 24.0 Å². The molecule has 1 N–H and O–H groups in total. The van der Waals surface area contributed by atoms with Crippen LogP contribution in [0.25, 0.3) is 0 Å². The number of nitrogens with one attached hydrogen (secondary N) is 1. The molecule has 7 nitrogen and oxygen atoms in total. The van der Waals surface area contributed by atoms with Crippen molar-refractivity contribution in [2.24, 2.45) is 7.05 Å². The van der Waals surface area contributed by atoms with E-state index >= 15 is 0 Å². The van der Waals surface area contributed by atoms with Crippen LogP contribution in [0.5, 0.6) is 0 Å². The maximum atomic E-state index is 11.7. The van der Waals surface area contributed by atoms with Crippen LogP contribution in [0.2, 0.25) is 0 Å². The zero-order valence-corrected chi connectivity index (χ0v) is 12.6. The van der Waals surface area contributed by atoms with Crippen LogP contribution in [0.4, 0.5) is 0 Å². The van der Waals surface area contributed by atoms with Gasteiger partial charge in [-0.2, -0.15) is 0 Å². The summed E-state index contributed by atoms with van der Waals surface area (Å²) in [5.74, 6) is 0.335. The van der Waals surface area contributed by atoms with E-state index in [-0.39, 0.29) is 5.91 Å². The van der Waals surface area contributed by atoms with Gasteiger partial charge in [0, 0.05) is 25.8 Å². The Bertz CT molecular complexity index is 591. The number of amides is 1. The monoisotopic (exact) mass is 294 g/mol. The van der Waals surface area contributed by atoms with Crippen molar-refractivity contribution < 1.29 is 4.79 Å². The SMILES string of the molecule is Cc1ncn(CCNC(=O)CSc2nncn2C)c1C. The quantitative estimate of drug-likeness (QED) is 0.787. The summed E-state index contributed by atoms with van der Waals surface area (Å²) < 4.78 is 3.82. The molecule has 0 unspecified atom stereocenters. The molecule has 0 saturated heterocycles. The smallest absolute Gasteiger partial charge is 0.230 e. The zero-order chi connectivity index (χ0) is 14.5. The van der Waals surface area contributed by atoms with Gasteiger partial charge in [-0.05, 0) is 13.8 Å². The van der Waals surface area contributed by atoms with Gasteiger partial charge in [0.25, 0.3) is 0 Å². The molecule has 0 saturated carbocycles. The molecule has 0 aliphatic rings. The van der Waals surface area contributed by atoms with Crippen molar-refractivity contribution in [2.45, 2.75) is 25.5 Å². The zero-order valence-electron chi connectivity index (χ0n) is 11.8. The standard InChI is InChI=1S/C12H18N6OS/c1-9-10(2)18(7-14-9)5-4-13-11(19)6-20-12-16-15-8-17(12)3/h7-8H,4-6H2,1-3H3,(H,13,19). The Morgan fingerprint density at radius 3 is 2.80 bits per heavy atom. The predicted molar refractivity (Wildman–Crippen MR) is 76.4 cm³/mol. The first-order chi connectivity index (χ1) is 9.58. The molecule has 0 atom stereocenters. The fraction of sp³-hybridized carbons (Fsp3) is 0.500. The average molecular weight is 294 g/mol. The Labute approximate surface area is 121 Å². The van der Waals surface area contributed by atoms with E-state index in [2.05, 4.69) is 20.5 Å². The molecule has 1 amide bonds. The van der Waals surface area contributed by atoms with Crippen molar-refractivity contribution in [2.75, 3.05) is 12.3 Å². The van der Waals surface area contributed by atoms with Crippen molar-refractivity contribution in [3.8, 4) is 0 Å². The number of rotatable bonds is 6. The summed E-state index contributed by atoms with van der Waals surface area (Å²) in [6, 6.07) is 0. The summed E-state index contributed by atoms with van der Waals surface area (Å²) >= 11 is 1.37. The first-order valence-corrected chi connectivity index (χ1v) is 7.28. The molecule has 0 bridgehead atoms. The molecule has 0 aliphatic heterocycles. The lowest BCUT2D eigenvalue weighted by atomic mass is 10.4. The normalized spacial score (nSPS) is 10.8. The number of carbonyl (C=O) groups is 1. The summed E-state index contributed by atoms with van der Waals surface area (Å²) in [5, 5.41) is 11.3. The Hall–Kier alpha value is -1.83. The lowest BCUT2D eigenvalue weighted by Gasteiger charge is -2.07. The predicted octanol–water partition coefficient (Wildman–Crippen LogP) is 0.537. The fourth-order valence-electron chi connectivity index (χ4n) is 1.67. The number of imidazole rings is 1. The van der Waals surface area contributed by atoms with Crippen molar-refractivity contribution in [1.82, 2.24) is 29.6 Å². The van der Waals surface area contributed by atoms with Gasteiger partial charge in [0.15, 0.2) is 5.16 Å². The maximum Gasteiger partial charge on any atom is 0.230 e. The Kier molecular flexibility index (Phi) is 4.78. The van der Waals surface area contributed by atoms with Crippen LogP contribution in [0.1, 0.15) is 11.4 Å². The van der Waals surface area contributed by atoms with Gasteiger partial charge in [0.05, 0.1) is 17.8 Å². The number of carbonyl (C=O) groups excluding carboxylic acids is 1. The van der Waals surface area contributed by atoms with Crippen LogP contribution in [-0.4, -0.2) is 42.5 Å². The number of hydrogen-bond acceptors (Lipinski definition) is 5. The molecule has 0 spiro atoms. The number of aryl methyl sites for hydroxylation is 2. The summed E-state index contributed by atoms with van der Waals surface area (Å²) in [6.45, 7) is 5.32. The second-order valence-electron chi connectivity index (χ2n) is 4.47. The van der Waals surface area contributed by atoms with Crippen molar-refractivity contribution in [3.63, 3.8) is 0 Å². The molecule has 8 heteroatoms. The molecule has 0 fully saturated rings. The maximum absolute atomic E-state index is 11.7. The second kappa shape index (κ2) is 6.56. The van der Waals surface area contributed by atoms with Gasteiger partial charge in [-0.3, -0.25) is 4.79 Å². The largest absolute Gasteiger partial charge is 0.354 e. The highest BCUT2D eigenvalue weighted by atomic mass is 32.2. The van der Waals surface area contributed by atoms with Crippen molar-refractivity contribution >= 4 is 17.7 Å². The van der Waals surface area contributed by atoms with Gasteiger partial charge >= 0.3 is 0 Å². The van der Waals surface area contributed by atoms with E-state index in [1.807, 2.05) is 25.5 Å². The lowest BCUT2D eigenvalue weighted by molar-refractivity contribution is -0.118. The highest BCUT2D eigenvalue weighted by Gasteiger charge is 2.07. The molecule has 0 radical (unpaired) electrons. The van der Waals surface area contributed by atoms with Gasteiger partial charge in [-0.15, -0.1) is 10.2 Å². The van der Waals surface area contributed by atoms with Crippen LogP contribution in [0.3, 0.4) is 0 Å². The van der Waals surface area contributed by atoms with Crippen LogP contribution in [-0.2, 0) is 18.4 Å². The first kappa shape index (κ1) is 14.6. The van der Waals surface area contributed by atoms with Crippen molar-refractivity contribution in [1.29, 1.82) is 0 Å². The summed E-state index contributed by atoms with van der Waals surface area (Å²) in [5.41, 5.74) is 2.15. The molecule has 2 heterocycles. The third-order valence-electron chi connectivity index (χ3n) is 3.02. The molecule has 20 heavy (non-hydrogen) atoms. The van der Waals surface area contributed by atoms with Gasteiger partial charge < -0.3 is 14.5 Å². The molecule has 0 aromatic carbocycles. The van der Waals surface area contributed by atoms with E-state index in [0.29, 0.717) is 12.3 Å². The molecule has 2 rings (SSSR count). The highest BCUT2D eigenvalue weighted by Crippen LogP contribution is 2.12. The van der Waals surface area contributed by atoms with E-state index in [4.69, 9.17) is 0 Å². The van der Waals surface area contributed by atoms with E-state index in [9.17, 15) is 4.79 Å². The highest BCUT2D eigenvalue weighted by molar-refractivity contribution is 7.99. The lowest BCUT2D eigenvalue weighted by Crippen LogP contribution is -2.28. The van der Waals surface area contributed by atoms with Gasteiger partial charge in [-0.1, -0.05) is 11.8 Å². The second-order valence-corrected chi connectivity index (χ2v) is 5.41. The van der Waals surface area contributed by atoms with Crippen LogP contribution in [0.15, 0.2) is 17.8 Å². The van der Waals surface area contributed by atoms with Gasteiger partial charge in [0.1, 0.15) is 6.33 Å². The molecular weight excluding hydrogens is 276 g/mol. The van der Waals surface area contributed by atoms with Crippen LogP contribution >= 0.6 is 11.8 Å². The van der Waals surface area contributed by atoms with E-state index in [0.717, 1.165) is 23.1 Å². The Morgan fingerprint density at radius 1 is 1.40 bits per heavy atom. The third-order valence-corrected chi connectivity index (χ3v) is 4.06. The summed E-state index contributed by atoms with van der Waals surface area (Å²) in [7, 11) is 1.85. The van der Waals surface area contributed by atoms with Crippen LogP contribution < -0.4 is 5.32 Å². The number of hydrogen-bond donors (Lipinski definition) is 1. The minimum Gasteiger partial charge on any atom is -0.354 e. The molecule has 2 aromatic rings. The Morgan fingerprint density at radius 2 is 2.20 bits per heavy atom. The van der Waals surface area contributed by atoms with E-state index in [1.165, 1.54) is 11.8 Å². The van der Waals surface area contributed by atoms with E-state index < -0.39 is 0 Å². The minimum absolute atomic E-state index is 0.00695. The molecule has 0 aliphatic carbocycles. The van der Waals surface area contributed by atoms with Gasteiger partial charge in [-0.25, -0.2) is 4.98 Å². The number of nitrogens with zero attached hydrogens (tertiary/aromatic N) is 5. The van der Waals surface area contributed by atoms with Crippen LogP contribution in [0, 0.1) is 13.8 Å². The summed E-state index contributed by atoms with van der Waals surface area (Å²) in [6.07, 6.45) is 3.41. The van der Waals surface area contributed by atoms with E-state index in [1.54, 1.807) is 17.2 Å². The summed E-state index contributed by atoms with van der Waals surface area (Å²) in [4.78, 5) is 15.9. The first-order valence-electron chi connectivity index (χ1n) is 6.29. The fourth-order valence-corrected chi connectivity index (χ4v) is 2.39. The van der Waals surface area contributed by atoms with Gasteiger partial charge in [0.2, 0.25) is 5.91 Å². The number of aromatic nitrogens is 5. The third kappa shape index (κ3) is 3.60. The molecular formula is C12H18N6OS. The average Bonchev–Trinajstić information content (AvgIpc) is 2.97.